The Balaban J connectivity index is 2.02. The van der Waals surface area contributed by atoms with Gasteiger partial charge in [-0.2, -0.15) is 0 Å². The zero-order chi connectivity index (χ0) is 24.7. The second kappa shape index (κ2) is 12.2. The Morgan fingerprint density at radius 3 is 2.64 bits per heavy atom. The number of ether oxygens (including phenoxy) is 1. The maximum absolute atomic E-state index is 12.5. The van der Waals surface area contributed by atoms with Crippen LogP contribution in [-0.2, 0) is 19.2 Å². The van der Waals surface area contributed by atoms with Crippen LogP contribution in [0.5, 0.6) is 0 Å². The molecule has 2 aliphatic carbocycles. The van der Waals surface area contributed by atoms with E-state index in [1.165, 1.54) is 0 Å². The van der Waals surface area contributed by atoms with Gasteiger partial charge in [0.2, 0.25) is 0 Å². The summed E-state index contributed by atoms with van der Waals surface area (Å²) < 4.78 is 5.83. The normalized spacial score (nSPS) is 29.3. The predicted octanol–water partition coefficient (Wildman–Crippen LogP) is 2.09. The van der Waals surface area contributed by atoms with Crippen LogP contribution in [0, 0.1) is 33.8 Å². The molecule has 0 unspecified atom stereocenters. The van der Waals surface area contributed by atoms with Crippen molar-refractivity contribution in [3.63, 3.8) is 0 Å². The van der Waals surface area contributed by atoms with Gasteiger partial charge in [0.1, 0.15) is 6.10 Å². The van der Waals surface area contributed by atoms with Crippen molar-refractivity contribution < 1.29 is 39.6 Å². The van der Waals surface area contributed by atoms with Gasteiger partial charge in [0.15, 0.2) is 0 Å². The summed E-state index contributed by atoms with van der Waals surface area (Å²) in [5.74, 6) is -1.64. The van der Waals surface area contributed by atoms with Crippen molar-refractivity contribution in [3.05, 3.63) is 33.9 Å². The maximum Gasteiger partial charge on any atom is 0.308 e. The molecule has 186 valence electrons. The van der Waals surface area contributed by atoms with Gasteiger partial charge in [-0.3, -0.25) is 9.59 Å². The minimum absolute atomic E-state index is 0.0368. The quantitative estimate of drug-likeness (QED) is 0.234. The molecule has 0 heterocycles. The largest absolute Gasteiger partial charge is 0.461 e. The molecule has 0 amide bonds. The van der Waals surface area contributed by atoms with Gasteiger partial charge < -0.3 is 20.1 Å². The molecule has 2 aliphatic rings. The summed E-state index contributed by atoms with van der Waals surface area (Å²) >= 11 is 0. The Labute approximate surface area is 193 Å². The molecule has 0 saturated heterocycles. The van der Waals surface area contributed by atoms with E-state index in [0.29, 0.717) is 25.7 Å². The van der Waals surface area contributed by atoms with Gasteiger partial charge in [-0.1, -0.05) is 39.0 Å². The number of esters is 1. The van der Waals surface area contributed by atoms with Gasteiger partial charge in [0, 0.05) is 12.3 Å². The van der Waals surface area contributed by atoms with Crippen LogP contribution >= 0.6 is 0 Å². The molecule has 2 rings (SSSR count). The fourth-order valence-corrected chi connectivity index (χ4v) is 4.63. The highest BCUT2D eigenvalue weighted by Gasteiger charge is 2.42. The topological polar surface area (TPSA) is 156 Å². The first-order valence-electron chi connectivity index (χ1n) is 11.5. The van der Waals surface area contributed by atoms with E-state index in [-0.39, 0.29) is 36.1 Å². The van der Waals surface area contributed by atoms with E-state index in [9.17, 15) is 35.0 Å². The van der Waals surface area contributed by atoms with E-state index < -0.39 is 41.9 Å². The van der Waals surface area contributed by atoms with Crippen molar-refractivity contribution in [2.75, 3.05) is 0 Å². The molecule has 0 radical (unpaired) electrons. The standard InChI is InChI=1S/C23H35NO9/c1-4-13(2)23(29)32-20-11-17(26)9-15-6-5-14(3)19(22(15)20)8-7-16(25)10-18(27)12-21(28)33-24(30)31/h5-6,9,13-14,16-20,22,25-27H,4,7-8,10-12H2,1-3H3/t13-,14-,16+,17+,18+,19-,20-,22-/m0/s1. The van der Waals surface area contributed by atoms with E-state index in [0.717, 1.165) is 5.57 Å². The van der Waals surface area contributed by atoms with Crippen molar-refractivity contribution in [1.82, 2.24) is 0 Å². The first kappa shape index (κ1) is 26.9. The number of rotatable bonds is 11. The van der Waals surface area contributed by atoms with Crippen LogP contribution in [0.15, 0.2) is 23.8 Å². The molecule has 0 saturated carbocycles. The highest BCUT2D eigenvalue weighted by Crippen LogP contribution is 2.44. The summed E-state index contributed by atoms with van der Waals surface area (Å²) in [5.41, 5.74) is 0.913. The summed E-state index contributed by atoms with van der Waals surface area (Å²) in [5, 5.41) is 39.5. The smallest absolute Gasteiger partial charge is 0.308 e. The van der Waals surface area contributed by atoms with Crippen molar-refractivity contribution in [2.24, 2.45) is 23.7 Å². The summed E-state index contributed by atoms with van der Waals surface area (Å²) in [6.45, 7) is 5.77. The second-order valence-electron chi connectivity index (χ2n) is 9.17. The zero-order valence-corrected chi connectivity index (χ0v) is 19.3. The molecular weight excluding hydrogens is 434 g/mol. The Bertz CT molecular complexity index is 765. The molecule has 8 atom stereocenters. The van der Waals surface area contributed by atoms with Crippen molar-refractivity contribution in [2.45, 2.75) is 83.7 Å². The lowest BCUT2D eigenvalue weighted by atomic mass is 9.66. The van der Waals surface area contributed by atoms with Crippen LogP contribution in [0.1, 0.15) is 59.3 Å². The number of carbonyl (C=O) groups excluding carboxylic acids is 2. The number of hydrogen-bond donors (Lipinski definition) is 3. The molecule has 0 aliphatic heterocycles. The second-order valence-corrected chi connectivity index (χ2v) is 9.17. The van der Waals surface area contributed by atoms with E-state index in [1.54, 1.807) is 6.08 Å². The van der Waals surface area contributed by atoms with E-state index >= 15 is 0 Å². The van der Waals surface area contributed by atoms with Crippen LogP contribution in [0.25, 0.3) is 0 Å². The summed E-state index contributed by atoms with van der Waals surface area (Å²) in [6, 6.07) is 0. The van der Waals surface area contributed by atoms with Crippen molar-refractivity contribution in [1.29, 1.82) is 0 Å². The average molecular weight is 470 g/mol. The molecule has 0 spiro atoms. The van der Waals surface area contributed by atoms with Gasteiger partial charge >= 0.3 is 17.0 Å². The zero-order valence-electron chi connectivity index (χ0n) is 19.3. The number of aliphatic hydroxyl groups excluding tert-OH is 3. The maximum atomic E-state index is 12.5. The van der Waals surface area contributed by atoms with E-state index in [1.807, 2.05) is 32.9 Å². The lowest BCUT2D eigenvalue weighted by Crippen LogP contribution is -2.43. The third-order valence-electron chi connectivity index (χ3n) is 6.61. The molecule has 0 aromatic carbocycles. The molecule has 0 aromatic rings. The van der Waals surface area contributed by atoms with Crippen LogP contribution in [0.4, 0.5) is 0 Å². The number of fused-ring (bicyclic) bond motifs is 1. The molecule has 0 fully saturated rings. The Morgan fingerprint density at radius 1 is 1.30 bits per heavy atom. The Hall–Kier alpha value is -2.30. The monoisotopic (exact) mass is 469 g/mol. The lowest BCUT2D eigenvalue weighted by molar-refractivity contribution is -0.729. The van der Waals surface area contributed by atoms with Crippen molar-refractivity contribution >= 4 is 11.9 Å². The van der Waals surface area contributed by atoms with Crippen molar-refractivity contribution in [3.8, 4) is 0 Å². The average Bonchev–Trinajstić information content (AvgIpc) is 2.71. The predicted molar refractivity (Wildman–Crippen MR) is 117 cm³/mol. The van der Waals surface area contributed by atoms with Gasteiger partial charge in [0.25, 0.3) is 0 Å². The van der Waals surface area contributed by atoms with Crippen LogP contribution in [-0.4, -0.2) is 56.8 Å². The van der Waals surface area contributed by atoms with Gasteiger partial charge in [-0.05, 0) is 43.1 Å². The summed E-state index contributed by atoms with van der Waals surface area (Å²) in [7, 11) is 0. The fraction of sp³-hybridized carbons (Fsp3) is 0.739. The van der Waals surface area contributed by atoms with Crippen LogP contribution in [0.2, 0.25) is 0 Å². The first-order valence-corrected chi connectivity index (χ1v) is 11.5. The molecule has 3 N–H and O–H groups in total. The summed E-state index contributed by atoms with van der Waals surface area (Å²) in [4.78, 5) is 37.7. The van der Waals surface area contributed by atoms with E-state index in [2.05, 4.69) is 4.84 Å². The number of allylic oxidation sites excluding steroid dienone is 2. The minimum Gasteiger partial charge on any atom is -0.461 e. The minimum atomic E-state index is -1.26. The molecule has 0 aromatic heterocycles. The number of hydrogen-bond acceptors (Lipinski definition) is 9. The van der Waals surface area contributed by atoms with Crippen LogP contribution < -0.4 is 0 Å². The Kier molecular flexibility index (Phi) is 10.00. The lowest BCUT2D eigenvalue weighted by Gasteiger charge is -2.43. The molecule has 10 heteroatoms. The fourth-order valence-electron chi connectivity index (χ4n) is 4.63. The number of carbonyl (C=O) groups is 2. The van der Waals surface area contributed by atoms with Gasteiger partial charge in [0.05, 0.1) is 30.7 Å². The Morgan fingerprint density at radius 2 is 2.00 bits per heavy atom. The SMILES string of the molecule is CC[C@H](C)C(=O)O[C@H]1C[C@H](O)C=C2C=C[C@H](C)[C@H](CC[C@@H](O)C[C@@H](O)CC(=O)O[N+](=O)[O-])[C@H]21. The van der Waals surface area contributed by atoms with Crippen LogP contribution in [0.3, 0.4) is 0 Å². The highest BCUT2D eigenvalue weighted by molar-refractivity contribution is 5.72. The molecule has 33 heavy (non-hydrogen) atoms. The third-order valence-corrected chi connectivity index (χ3v) is 6.61. The van der Waals surface area contributed by atoms with E-state index in [4.69, 9.17) is 4.74 Å². The molecule has 0 bridgehead atoms. The molecule has 10 nitrogen and oxygen atoms in total. The van der Waals surface area contributed by atoms with Gasteiger partial charge in [-0.15, -0.1) is 10.1 Å². The molecular formula is C23H35NO9. The van der Waals surface area contributed by atoms with Gasteiger partial charge in [-0.25, -0.2) is 4.84 Å². The number of aliphatic hydroxyl groups is 3. The first-order chi connectivity index (χ1) is 15.5. The highest BCUT2D eigenvalue weighted by atomic mass is 17.0. The number of nitrogens with zero attached hydrogens (tertiary/aromatic N) is 1. The summed E-state index contributed by atoms with van der Waals surface area (Å²) in [6.07, 6.45) is 3.56. The third kappa shape index (κ3) is 7.90.